The lowest BCUT2D eigenvalue weighted by molar-refractivity contribution is 0.100. The maximum atomic E-state index is 11.0. The number of carbonyl (C=O) groups excluding carboxylic acids is 1. The predicted octanol–water partition coefficient (Wildman–Crippen LogP) is 2.31. The van der Waals surface area contributed by atoms with E-state index in [1.165, 1.54) is 5.56 Å². The van der Waals surface area contributed by atoms with Gasteiger partial charge in [-0.3, -0.25) is 9.48 Å². The zero-order chi connectivity index (χ0) is 14.9. The zero-order valence-corrected chi connectivity index (χ0v) is 12.3. The highest BCUT2D eigenvalue weighted by molar-refractivity contribution is 5.93. The smallest absolute Gasteiger partial charge is 0.248 e. The molecule has 2 aromatic rings. The maximum absolute atomic E-state index is 11.0. The average Bonchev–Trinajstić information content (AvgIpc) is 2.63. The second-order valence-electron chi connectivity index (χ2n) is 5.02. The second-order valence-corrected chi connectivity index (χ2v) is 5.02. The Morgan fingerprint density at radius 2 is 1.90 bits per heavy atom. The first-order valence-corrected chi connectivity index (χ1v) is 6.56. The number of amides is 1. The Morgan fingerprint density at radius 1 is 1.30 bits per heavy atom. The molecule has 1 aromatic heterocycles. The molecule has 106 valence electrons. The topological polar surface area (TPSA) is 72.9 Å². The number of hydrogen-bond acceptors (Lipinski definition) is 3. The third-order valence-corrected chi connectivity index (χ3v) is 3.55. The number of aromatic nitrogens is 2. The summed E-state index contributed by atoms with van der Waals surface area (Å²) in [4.78, 5) is 11.0. The Morgan fingerprint density at radius 3 is 2.35 bits per heavy atom. The SMILES string of the molecule is Cc1nn(C)c(C)c1C(C)Nc1ccc(C(N)=O)cc1. The van der Waals surface area contributed by atoms with Crippen LogP contribution in [-0.4, -0.2) is 15.7 Å². The van der Waals surface area contributed by atoms with Crippen LogP contribution in [0.5, 0.6) is 0 Å². The molecule has 1 amide bonds. The summed E-state index contributed by atoms with van der Waals surface area (Å²) in [5, 5.41) is 7.84. The van der Waals surface area contributed by atoms with Gasteiger partial charge in [-0.1, -0.05) is 0 Å². The van der Waals surface area contributed by atoms with E-state index >= 15 is 0 Å². The number of nitrogens with zero attached hydrogens (tertiary/aromatic N) is 2. The van der Waals surface area contributed by atoms with Gasteiger partial charge >= 0.3 is 0 Å². The van der Waals surface area contributed by atoms with Crippen molar-refractivity contribution >= 4 is 11.6 Å². The highest BCUT2D eigenvalue weighted by Crippen LogP contribution is 2.24. The van der Waals surface area contributed by atoms with Crippen LogP contribution in [0.1, 0.15) is 40.3 Å². The van der Waals surface area contributed by atoms with Crippen molar-refractivity contribution in [1.82, 2.24) is 9.78 Å². The molecule has 1 aromatic carbocycles. The number of carbonyl (C=O) groups is 1. The van der Waals surface area contributed by atoms with E-state index in [1.807, 2.05) is 30.8 Å². The standard InChI is InChI=1S/C15H20N4O/c1-9(14-10(2)18-19(4)11(14)3)17-13-7-5-12(6-8-13)15(16)20/h5-9,17H,1-4H3,(H2,16,20). The van der Waals surface area contributed by atoms with Gasteiger partial charge in [-0.15, -0.1) is 0 Å². The molecule has 0 fully saturated rings. The van der Waals surface area contributed by atoms with Crippen molar-refractivity contribution in [2.75, 3.05) is 5.32 Å². The molecule has 2 rings (SSSR count). The number of nitrogens with one attached hydrogen (secondary N) is 1. The van der Waals surface area contributed by atoms with Gasteiger partial charge in [0.15, 0.2) is 0 Å². The van der Waals surface area contributed by atoms with Crippen molar-refractivity contribution in [3.8, 4) is 0 Å². The van der Waals surface area contributed by atoms with E-state index in [2.05, 4.69) is 24.3 Å². The number of aryl methyl sites for hydroxylation is 2. The highest BCUT2D eigenvalue weighted by Gasteiger charge is 2.16. The summed E-state index contributed by atoms with van der Waals surface area (Å²) in [6, 6.07) is 7.30. The van der Waals surface area contributed by atoms with Crippen molar-refractivity contribution < 1.29 is 4.79 Å². The molecule has 0 bridgehead atoms. The summed E-state index contributed by atoms with van der Waals surface area (Å²) in [6.45, 7) is 6.17. The fourth-order valence-corrected chi connectivity index (χ4v) is 2.47. The molecule has 0 spiro atoms. The fraction of sp³-hybridized carbons (Fsp3) is 0.333. The van der Waals surface area contributed by atoms with Gasteiger partial charge in [0.05, 0.1) is 11.7 Å². The molecule has 0 aliphatic carbocycles. The number of benzene rings is 1. The summed E-state index contributed by atoms with van der Waals surface area (Å²) in [7, 11) is 1.94. The lowest BCUT2D eigenvalue weighted by Crippen LogP contribution is -2.12. The molecule has 0 aliphatic heterocycles. The Kier molecular flexibility index (Phi) is 3.79. The average molecular weight is 272 g/mol. The van der Waals surface area contributed by atoms with E-state index in [9.17, 15) is 4.79 Å². The first-order chi connectivity index (χ1) is 9.40. The predicted molar refractivity (Wildman–Crippen MR) is 79.7 cm³/mol. The summed E-state index contributed by atoms with van der Waals surface area (Å²) in [6.07, 6.45) is 0. The van der Waals surface area contributed by atoms with E-state index in [0.29, 0.717) is 5.56 Å². The number of anilines is 1. The van der Waals surface area contributed by atoms with Crippen LogP contribution < -0.4 is 11.1 Å². The third-order valence-electron chi connectivity index (χ3n) is 3.55. The number of primary amides is 1. The molecule has 5 nitrogen and oxygen atoms in total. The minimum Gasteiger partial charge on any atom is -0.378 e. The van der Waals surface area contributed by atoms with E-state index in [-0.39, 0.29) is 6.04 Å². The molecular formula is C15H20N4O. The van der Waals surface area contributed by atoms with Gasteiger partial charge in [0.1, 0.15) is 0 Å². The van der Waals surface area contributed by atoms with Gasteiger partial charge in [-0.2, -0.15) is 5.10 Å². The van der Waals surface area contributed by atoms with Crippen molar-refractivity contribution in [3.05, 3.63) is 46.8 Å². The number of hydrogen-bond donors (Lipinski definition) is 2. The lowest BCUT2D eigenvalue weighted by atomic mass is 10.1. The third kappa shape index (κ3) is 2.66. The van der Waals surface area contributed by atoms with Gasteiger partial charge < -0.3 is 11.1 Å². The Hall–Kier alpha value is -2.30. The van der Waals surface area contributed by atoms with Crippen molar-refractivity contribution in [3.63, 3.8) is 0 Å². The molecule has 3 N–H and O–H groups in total. The van der Waals surface area contributed by atoms with Crippen molar-refractivity contribution in [2.24, 2.45) is 12.8 Å². The second kappa shape index (κ2) is 5.36. The van der Waals surface area contributed by atoms with Gasteiger partial charge in [-0.25, -0.2) is 0 Å². The first-order valence-electron chi connectivity index (χ1n) is 6.56. The maximum Gasteiger partial charge on any atom is 0.248 e. The fourth-order valence-electron chi connectivity index (χ4n) is 2.47. The lowest BCUT2D eigenvalue weighted by Gasteiger charge is -2.16. The molecule has 0 radical (unpaired) electrons. The summed E-state index contributed by atoms with van der Waals surface area (Å²) < 4.78 is 1.89. The van der Waals surface area contributed by atoms with Gasteiger partial charge in [0.2, 0.25) is 5.91 Å². The van der Waals surface area contributed by atoms with Crippen LogP contribution >= 0.6 is 0 Å². The molecule has 0 saturated heterocycles. The Bertz CT molecular complexity index is 628. The van der Waals surface area contributed by atoms with Gasteiger partial charge in [0, 0.05) is 29.6 Å². The molecule has 1 atom stereocenters. The van der Waals surface area contributed by atoms with Crippen LogP contribution in [0.3, 0.4) is 0 Å². The van der Waals surface area contributed by atoms with Crippen LogP contribution in [0.25, 0.3) is 0 Å². The van der Waals surface area contributed by atoms with Crippen molar-refractivity contribution in [2.45, 2.75) is 26.8 Å². The van der Waals surface area contributed by atoms with Crippen molar-refractivity contribution in [1.29, 1.82) is 0 Å². The largest absolute Gasteiger partial charge is 0.378 e. The van der Waals surface area contributed by atoms with E-state index in [1.54, 1.807) is 12.1 Å². The number of rotatable bonds is 4. The molecule has 0 saturated carbocycles. The first kappa shape index (κ1) is 14.1. The van der Waals surface area contributed by atoms with Crippen LogP contribution in [0.2, 0.25) is 0 Å². The van der Waals surface area contributed by atoms with Crippen LogP contribution in [0.4, 0.5) is 5.69 Å². The summed E-state index contributed by atoms with van der Waals surface area (Å²) in [5.41, 5.74) is 10.1. The molecule has 1 unspecified atom stereocenters. The van der Waals surface area contributed by atoms with E-state index in [0.717, 1.165) is 17.1 Å². The van der Waals surface area contributed by atoms with Gasteiger partial charge in [-0.05, 0) is 45.0 Å². The molecule has 20 heavy (non-hydrogen) atoms. The minimum absolute atomic E-state index is 0.142. The summed E-state index contributed by atoms with van der Waals surface area (Å²) in [5.74, 6) is -0.413. The quantitative estimate of drug-likeness (QED) is 0.897. The monoisotopic (exact) mass is 272 g/mol. The Labute approximate surface area is 118 Å². The zero-order valence-electron chi connectivity index (χ0n) is 12.3. The molecule has 1 heterocycles. The molecular weight excluding hydrogens is 252 g/mol. The molecule has 5 heteroatoms. The minimum atomic E-state index is -0.413. The van der Waals surface area contributed by atoms with Crippen LogP contribution in [-0.2, 0) is 7.05 Å². The normalized spacial score (nSPS) is 12.2. The van der Waals surface area contributed by atoms with E-state index in [4.69, 9.17) is 5.73 Å². The number of nitrogens with two attached hydrogens (primary N) is 1. The highest BCUT2D eigenvalue weighted by atomic mass is 16.1. The van der Waals surface area contributed by atoms with Crippen LogP contribution in [0.15, 0.2) is 24.3 Å². The Balaban J connectivity index is 2.19. The van der Waals surface area contributed by atoms with Crippen LogP contribution in [0, 0.1) is 13.8 Å². The molecule has 0 aliphatic rings. The van der Waals surface area contributed by atoms with Gasteiger partial charge in [0.25, 0.3) is 0 Å². The summed E-state index contributed by atoms with van der Waals surface area (Å²) >= 11 is 0. The van der Waals surface area contributed by atoms with E-state index < -0.39 is 5.91 Å².